The number of aliphatic hydroxyl groups is 14. The Labute approximate surface area is 248 Å². The Kier molecular flexibility index (Phi) is 22.0. The maximum Gasteiger partial charge on any atom is 2.00 e. The van der Waals surface area contributed by atoms with Crippen LogP contribution in [0.15, 0.2) is 11.5 Å². The maximum absolute atomic E-state index is 10.5. The number of ether oxygens (including phenoxy) is 1. The minimum Gasteiger partial charge on any atom is -0.547 e. The summed E-state index contributed by atoms with van der Waals surface area (Å²) in [5, 5.41) is 142. The molecule has 0 saturated carbocycles. The first-order valence-electron chi connectivity index (χ1n) is 10.1. The van der Waals surface area contributed by atoms with Crippen molar-refractivity contribution in [2.45, 2.75) is 61.0 Å². The molecule has 0 bridgehead atoms. The minimum absolute atomic E-state index is 0. The van der Waals surface area contributed by atoms with E-state index >= 15 is 0 Å². The van der Waals surface area contributed by atoms with Crippen LogP contribution in [0.2, 0.25) is 0 Å². The number of rotatable bonds is 12. The largest absolute Gasteiger partial charge is 2.00 e. The van der Waals surface area contributed by atoms with Gasteiger partial charge in [-0.05, 0) is 0 Å². The van der Waals surface area contributed by atoms with Crippen molar-refractivity contribution < 1.29 is 101 Å². The van der Waals surface area contributed by atoms with Gasteiger partial charge in [-0.2, -0.15) is 0 Å². The molecule has 0 saturated heterocycles. The molecule has 1 aliphatic rings. The summed E-state index contributed by atoms with van der Waals surface area (Å²) >= 11 is 0. The molecule has 0 spiro atoms. The number of carboxylic acids is 2. The summed E-state index contributed by atoms with van der Waals surface area (Å²) < 4.78 is 4.32. The number of hydrogen-bond donors (Lipinski definition) is 14. The number of carboxylic acid groups (broad SMARTS) is 2. The molecule has 0 aromatic heterocycles. The van der Waals surface area contributed by atoms with Crippen LogP contribution in [0.1, 0.15) is 0 Å². The van der Waals surface area contributed by atoms with Gasteiger partial charge in [-0.1, -0.05) is 0 Å². The molecule has 0 amide bonds. The molecule has 1 heterocycles. The van der Waals surface area contributed by atoms with E-state index in [0.717, 1.165) is 0 Å². The molecule has 21 heteroatoms. The van der Waals surface area contributed by atoms with E-state index in [9.17, 15) is 24.6 Å². The summed E-state index contributed by atoms with van der Waals surface area (Å²) in [7, 11) is 0. The summed E-state index contributed by atoms with van der Waals surface area (Å²) in [6, 6.07) is 0. The Hall–Kier alpha value is -1.47. The van der Waals surface area contributed by atoms with Crippen molar-refractivity contribution in [2.24, 2.45) is 0 Å². The first kappa shape index (κ1) is 42.0. The fourth-order valence-corrected chi connectivity index (χ4v) is 2.15. The zero-order valence-corrected chi connectivity index (χ0v) is 22.0. The van der Waals surface area contributed by atoms with E-state index in [-0.39, 0.29) is 37.7 Å². The summed E-state index contributed by atoms with van der Waals surface area (Å²) in [5.74, 6) is -6.73. The van der Waals surface area contributed by atoms with Gasteiger partial charge in [0, 0.05) is 0 Å². The molecule has 224 valence electrons. The smallest absolute Gasteiger partial charge is 0.547 e. The van der Waals surface area contributed by atoms with E-state index in [1.54, 1.807) is 0 Å². The van der Waals surface area contributed by atoms with Crippen LogP contribution in [-0.2, 0) is 19.1 Å². The molecule has 0 fully saturated rings. The standard InChI is InChI=1S/2C6H12O7.C6H8O6.Ca/c2*7-1-2(8)3(9)4(10)5(11)6(12)13;7-1-2(8)5-3(9)4(10)6(11)12-5;/h2*2-5,7-11H,1H2,(H,12,13);2,5,7-10H,1H2;/q;;;+2/p-2/t2*2-,3-,4+,5-;2-,5+;/m110./s1. The van der Waals surface area contributed by atoms with Crippen LogP contribution >= 0.6 is 0 Å². The van der Waals surface area contributed by atoms with Gasteiger partial charge in [0.05, 0.1) is 31.8 Å². The first-order valence-corrected chi connectivity index (χ1v) is 10.1. The van der Waals surface area contributed by atoms with Crippen molar-refractivity contribution in [3.63, 3.8) is 0 Å². The second kappa shape index (κ2) is 20.4. The number of carbonyl (C=O) groups is 3. The van der Waals surface area contributed by atoms with Crippen LogP contribution < -0.4 is 10.2 Å². The van der Waals surface area contributed by atoms with Gasteiger partial charge < -0.3 is 96.0 Å². The molecule has 0 unspecified atom stereocenters. The summed E-state index contributed by atoms with van der Waals surface area (Å²) in [5.41, 5.74) is 0. The molecule has 14 N–H and O–H groups in total. The van der Waals surface area contributed by atoms with Gasteiger partial charge in [0.25, 0.3) is 0 Å². The Balaban J connectivity index is -0.000000492. The normalized spacial score (nSPS) is 21.5. The molecule has 0 aliphatic carbocycles. The molecule has 39 heavy (non-hydrogen) atoms. The third-order valence-electron chi connectivity index (χ3n) is 4.47. The zero-order valence-electron chi connectivity index (χ0n) is 19.8. The summed E-state index contributed by atoms with van der Waals surface area (Å²) in [6.45, 7) is -2.40. The van der Waals surface area contributed by atoms with Gasteiger partial charge in [0.1, 0.15) is 54.9 Å². The van der Waals surface area contributed by atoms with Gasteiger partial charge in [0.2, 0.25) is 5.76 Å². The molecule has 0 aromatic carbocycles. The number of aliphatic hydroxyl groups excluding tert-OH is 14. The van der Waals surface area contributed by atoms with Crippen molar-refractivity contribution in [1.82, 2.24) is 0 Å². The van der Waals surface area contributed by atoms with Gasteiger partial charge in [-0.3, -0.25) is 0 Å². The van der Waals surface area contributed by atoms with E-state index in [1.807, 2.05) is 0 Å². The molecule has 10 atom stereocenters. The summed E-state index contributed by atoms with van der Waals surface area (Å²) in [4.78, 5) is 30.5. The molecular formula is C18H30CaO20. The number of carbonyl (C=O) groups excluding carboxylic acids is 3. The zero-order chi connectivity index (χ0) is 30.5. The van der Waals surface area contributed by atoms with Crippen molar-refractivity contribution in [3.05, 3.63) is 11.5 Å². The second-order valence-corrected chi connectivity index (χ2v) is 7.30. The third-order valence-corrected chi connectivity index (χ3v) is 4.47. The number of cyclic esters (lactones) is 1. The fraction of sp³-hybridized carbons (Fsp3) is 0.722. The van der Waals surface area contributed by atoms with Crippen molar-refractivity contribution in [2.75, 3.05) is 19.8 Å². The predicted molar refractivity (Wildman–Crippen MR) is 113 cm³/mol. The van der Waals surface area contributed by atoms with Gasteiger partial charge in [-0.15, -0.1) is 0 Å². The Morgan fingerprint density at radius 3 is 1.23 bits per heavy atom. The minimum atomic E-state index is -2.31. The molecule has 0 aromatic rings. The summed E-state index contributed by atoms with van der Waals surface area (Å²) in [6.07, 6.45) is -18.9. The van der Waals surface area contributed by atoms with Crippen molar-refractivity contribution in [1.29, 1.82) is 0 Å². The molecule has 0 radical (unpaired) electrons. The second-order valence-electron chi connectivity index (χ2n) is 7.30. The van der Waals surface area contributed by atoms with Crippen LogP contribution in [0.5, 0.6) is 0 Å². The average molecular weight is 606 g/mol. The third kappa shape index (κ3) is 13.6. The van der Waals surface area contributed by atoms with Crippen LogP contribution in [0.4, 0.5) is 0 Å². The number of hydrogen-bond acceptors (Lipinski definition) is 20. The Bertz CT molecular complexity index is 740. The monoisotopic (exact) mass is 606 g/mol. The molecular weight excluding hydrogens is 576 g/mol. The van der Waals surface area contributed by atoms with Crippen LogP contribution in [0, 0.1) is 0 Å². The quantitative estimate of drug-likeness (QED) is 0.0723. The van der Waals surface area contributed by atoms with E-state index in [0.29, 0.717) is 0 Å². The fourth-order valence-electron chi connectivity index (χ4n) is 2.15. The van der Waals surface area contributed by atoms with Gasteiger partial charge in [0.15, 0.2) is 11.9 Å². The number of esters is 1. The number of aliphatic carboxylic acids is 2. The Morgan fingerprint density at radius 1 is 0.692 bits per heavy atom. The van der Waals surface area contributed by atoms with Gasteiger partial charge >= 0.3 is 43.7 Å². The predicted octanol–water partition coefficient (Wildman–Crippen LogP) is -11.4. The van der Waals surface area contributed by atoms with E-state index in [1.165, 1.54) is 0 Å². The molecule has 1 rings (SSSR count). The van der Waals surface area contributed by atoms with Crippen LogP contribution in [0.25, 0.3) is 0 Å². The van der Waals surface area contributed by atoms with E-state index in [2.05, 4.69) is 4.74 Å². The average Bonchev–Trinajstić information content (AvgIpc) is 3.16. The van der Waals surface area contributed by atoms with Crippen molar-refractivity contribution >= 4 is 55.6 Å². The first-order chi connectivity index (χ1) is 17.4. The Morgan fingerprint density at radius 2 is 1.03 bits per heavy atom. The maximum atomic E-state index is 10.5. The van der Waals surface area contributed by atoms with Crippen LogP contribution in [-0.4, -0.2) is 208 Å². The van der Waals surface area contributed by atoms with E-state index in [4.69, 9.17) is 71.5 Å². The molecule has 20 nitrogen and oxygen atoms in total. The van der Waals surface area contributed by atoms with Gasteiger partial charge in [-0.25, -0.2) is 4.79 Å². The molecule has 1 aliphatic heterocycles. The van der Waals surface area contributed by atoms with Crippen LogP contribution in [0.3, 0.4) is 0 Å². The topological polar surface area (TPSA) is 390 Å². The SMILES string of the molecule is O=C([O-])[C@H](O)[C@@H](O)[C@H](O)[C@H](O)CO.O=C([O-])[C@H](O)[C@@H](O)[C@H](O)[C@H](O)CO.O=C1O[C@H]([C@@H](O)CO)C(O)=C1O.[Ca+2]. The van der Waals surface area contributed by atoms with E-state index < -0.39 is 110 Å². The van der Waals surface area contributed by atoms with Crippen molar-refractivity contribution in [3.8, 4) is 0 Å².